The van der Waals surface area contributed by atoms with Gasteiger partial charge in [-0.1, -0.05) is 13.0 Å². The van der Waals surface area contributed by atoms with Gasteiger partial charge in [-0.2, -0.15) is 0 Å². The number of hydrogen-bond acceptors (Lipinski definition) is 5. The molecule has 0 saturated carbocycles. The van der Waals surface area contributed by atoms with Crippen molar-refractivity contribution in [2.75, 3.05) is 31.7 Å². The van der Waals surface area contributed by atoms with E-state index in [2.05, 4.69) is 40.0 Å². The monoisotopic (exact) mass is 387 g/mol. The Labute approximate surface area is 163 Å². The summed E-state index contributed by atoms with van der Waals surface area (Å²) >= 11 is 1.75. The molecule has 0 bridgehead atoms. The first-order valence-electron chi connectivity index (χ1n) is 9.41. The number of hydrogen-bond donors (Lipinski definition) is 2. The zero-order valence-electron chi connectivity index (χ0n) is 15.4. The van der Waals surface area contributed by atoms with E-state index in [-0.39, 0.29) is 18.9 Å². The van der Waals surface area contributed by atoms with Crippen molar-refractivity contribution in [2.24, 2.45) is 5.92 Å². The summed E-state index contributed by atoms with van der Waals surface area (Å²) in [6, 6.07) is 9.65. The van der Waals surface area contributed by atoms with Crippen molar-refractivity contribution < 1.29 is 14.3 Å². The Hall–Kier alpha value is -2.25. The van der Waals surface area contributed by atoms with Gasteiger partial charge in [-0.15, -0.1) is 11.3 Å². The van der Waals surface area contributed by atoms with Crippen LogP contribution in [0, 0.1) is 5.92 Å². The molecule has 2 aliphatic rings. The van der Waals surface area contributed by atoms with E-state index in [1.165, 1.54) is 17.7 Å². The Morgan fingerprint density at radius 3 is 2.85 bits per heavy atom. The second-order valence-corrected chi connectivity index (χ2v) is 8.13. The van der Waals surface area contributed by atoms with Crippen molar-refractivity contribution in [1.29, 1.82) is 0 Å². The van der Waals surface area contributed by atoms with Crippen molar-refractivity contribution in [2.45, 2.75) is 25.8 Å². The Kier molecular flexibility index (Phi) is 5.50. The normalized spacial score (nSPS) is 18.3. The summed E-state index contributed by atoms with van der Waals surface area (Å²) in [5.41, 5.74) is 0.691. The lowest BCUT2D eigenvalue weighted by Gasteiger charge is -2.36. The smallest absolute Gasteiger partial charge is 0.319 e. The van der Waals surface area contributed by atoms with Gasteiger partial charge in [-0.05, 0) is 55.4 Å². The number of nitrogens with zero attached hydrogens (tertiary/aromatic N) is 1. The number of amides is 2. The first kappa shape index (κ1) is 18.1. The van der Waals surface area contributed by atoms with E-state index in [9.17, 15) is 4.79 Å². The number of fused-ring (bicyclic) bond motifs is 1. The average Bonchev–Trinajstić information content (AvgIpc) is 3.35. The van der Waals surface area contributed by atoms with Crippen LogP contribution in [0.4, 0.5) is 10.5 Å². The molecule has 4 rings (SSSR count). The molecule has 1 unspecified atom stereocenters. The highest BCUT2D eigenvalue weighted by molar-refractivity contribution is 7.10. The predicted molar refractivity (Wildman–Crippen MR) is 107 cm³/mol. The van der Waals surface area contributed by atoms with Gasteiger partial charge in [-0.3, -0.25) is 4.90 Å². The van der Waals surface area contributed by atoms with Crippen molar-refractivity contribution in [3.63, 3.8) is 0 Å². The van der Waals surface area contributed by atoms with Gasteiger partial charge < -0.3 is 20.1 Å². The molecule has 7 heteroatoms. The summed E-state index contributed by atoms with van der Waals surface area (Å²) in [5.74, 6) is 2.15. The molecule has 1 aromatic heterocycles. The first-order chi connectivity index (χ1) is 13.2. The third kappa shape index (κ3) is 4.36. The molecular weight excluding hydrogens is 362 g/mol. The molecule has 1 saturated heterocycles. The van der Waals surface area contributed by atoms with E-state index in [1.54, 1.807) is 23.5 Å². The molecule has 6 nitrogen and oxygen atoms in total. The third-order valence-corrected chi connectivity index (χ3v) is 6.19. The van der Waals surface area contributed by atoms with Crippen molar-refractivity contribution in [3.05, 3.63) is 40.6 Å². The quantitative estimate of drug-likeness (QED) is 0.812. The number of anilines is 1. The van der Waals surface area contributed by atoms with E-state index in [0.29, 0.717) is 23.7 Å². The number of likely N-dealkylation sites (tertiary alicyclic amines) is 1. The number of thiophene rings is 1. The lowest BCUT2D eigenvalue weighted by Crippen LogP contribution is -2.42. The van der Waals surface area contributed by atoms with Crippen molar-refractivity contribution in [1.82, 2.24) is 10.2 Å². The lowest BCUT2D eigenvalue weighted by molar-refractivity contribution is 0.138. The molecule has 1 atom stereocenters. The number of carbonyl (C=O) groups is 1. The molecular formula is C20H25N3O3S. The van der Waals surface area contributed by atoms with E-state index in [4.69, 9.17) is 9.47 Å². The van der Waals surface area contributed by atoms with Crippen LogP contribution < -0.4 is 20.1 Å². The Bertz CT molecular complexity index is 773. The molecule has 1 fully saturated rings. The zero-order valence-corrected chi connectivity index (χ0v) is 16.3. The molecule has 0 spiro atoms. The van der Waals surface area contributed by atoms with Crippen LogP contribution >= 0.6 is 11.3 Å². The second-order valence-electron chi connectivity index (χ2n) is 7.15. The number of carbonyl (C=O) groups excluding carboxylic acids is 1. The van der Waals surface area contributed by atoms with E-state index in [1.807, 2.05) is 6.07 Å². The molecule has 144 valence electrons. The molecule has 2 N–H and O–H groups in total. The molecule has 0 radical (unpaired) electrons. The van der Waals surface area contributed by atoms with Crippen molar-refractivity contribution in [3.8, 4) is 11.5 Å². The van der Waals surface area contributed by atoms with Crippen LogP contribution in [0.1, 0.15) is 30.7 Å². The highest BCUT2D eigenvalue weighted by Gasteiger charge is 2.25. The number of piperidine rings is 1. The molecule has 2 amide bonds. The highest BCUT2D eigenvalue weighted by atomic mass is 32.1. The van der Waals surface area contributed by atoms with Crippen LogP contribution in [0.15, 0.2) is 35.7 Å². The van der Waals surface area contributed by atoms with Gasteiger partial charge in [0.25, 0.3) is 0 Å². The van der Waals surface area contributed by atoms with Crippen LogP contribution in [0.25, 0.3) is 0 Å². The van der Waals surface area contributed by atoms with E-state index < -0.39 is 0 Å². The number of benzene rings is 1. The van der Waals surface area contributed by atoms with Crippen molar-refractivity contribution >= 4 is 23.1 Å². The van der Waals surface area contributed by atoms with Crippen LogP contribution in [0.5, 0.6) is 11.5 Å². The summed E-state index contributed by atoms with van der Waals surface area (Å²) in [7, 11) is 0. The number of ether oxygens (including phenoxy) is 2. The number of urea groups is 1. The fourth-order valence-electron chi connectivity index (χ4n) is 3.57. The minimum atomic E-state index is -0.208. The lowest BCUT2D eigenvalue weighted by atomic mass is 9.97. The molecule has 27 heavy (non-hydrogen) atoms. The summed E-state index contributed by atoms with van der Waals surface area (Å²) in [6.45, 7) is 5.28. The van der Waals surface area contributed by atoms with Crippen LogP contribution in [0.2, 0.25) is 0 Å². The SMILES string of the molecule is CC1CCN(C(CNC(=O)Nc2ccc3c(c2)OCO3)c2cccs2)CC1. The predicted octanol–water partition coefficient (Wildman–Crippen LogP) is 4.07. The second kappa shape index (κ2) is 8.19. The Balaban J connectivity index is 1.36. The number of rotatable bonds is 5. The molecule has 0 aliphatic carbocycles. The van der Waals surface area contributed by atoms with E-state index >= 15 is 0 Å². The van der Waals surface area contributed by atoms with Crippen LogP contribution in [0.3, 0.4) is 0 Å². The molecule has 2 aromatic rings. The molecule has 3 heterocycles. The zero-order chi connectivity index (χ0) is 18.6. The Morgan fingerprint density at radius 1 is 1.26 bits per heavy atom. The summed E-state index contributed by atoms with van der Waals surface area (Å²) < 4.78 is 10.7. The fraction of sp³-hybridized carbons (Fsp3) is 0.450. The summed E-state index contributed by atoms with van der Waals surface area (Å²) in [4.78, 5) is 16.2. The average molecular weight is 388 g/mol. The van der Waals surface area contributed by atoms with Gasteiger partial charge in [0.15, 0.2) is 11.5 Å². The minimum absolute atomic E-state index is 0.208. The minimum Gasteiger partial charge on any atom is -0.454 e. The summed E-state index contributed by atoms with van der Waals surface area (Å²) in [5, 5.41) is 8.02. The molecule has 1 aromatic carbocycles. The maximum Gasteiger partial charge on any atom is 0.319 e. The van der Waals surface area contributed by atoms with E-state index in [0.717, 1.165) is 19.0 Å². The van der Waals surface area contributed by atoms with Gasteiger partial charge >= 0.3 is 6.03 Å². The largest absolute Gasteiger partial charge is 0.454 e. The fourth-order valence-corrected chi connectivity index (χ4v) is 4.43. The number of nitrogens with one attached hydrogen (secondary N) is 2. The van der Waals surface area contributed by atoms with Crippen LogP contribution in [-0.2, 0) is 0 Å². The summed E-state index contributed by atoms with van der Waals surface area (Å²) in [6.07, 6.45) is 2.43. The van der Waals surface area contributed by atoms with Gasteiger partial charge in [0.05, 0.1) is 6.04 Å². The van der Waals surface area contributed by atoms with Crippen LogP contribution in [-0.4, -0.2) is 37.4 Å². The molecule has 2 aliphatic heterocycles. The third-order valence-electron chi connectivity index (χ3n) is 5.22. The van der Waals surface area contributed by atoms with Gasteiger partial charge in [-0.25, -0.2) is 4.79 Å². The van der Waals surface area contributed by atoms with Gasteiger partial charge in [0, 0.05) is 23.2 Å². The maximum atomic E-state index is 12.4. The highest BCUT2D eigenvalue weighted by Crippen LogP contribution is 2.34. The van der Waals surface area contributed by atoms with Gasteiger partial charge in [0.1, 0.15) is 0 Å². The standard InChI is InChI=1S/C20H25N3O3S/c1-14-6-8-23(9-7-14)16(19-3-2-10-27-19)12-21-20(24)22-15-4-5-17-18(11-15)26-13-25-17/h2-5,10-11,14,16H,6-9,12-13H2,1H3,(H2,21,22,24). The topological polar surface area (TPSA) is 62.8 Å². The van der Waals surface area contributed by atoms with Gasteiger partial charge in [0.2, 0.25) is 6.79 Å². The Morgan fingerprint density at radius 2 is 2.07 bits per heavy atom. The maximum absolute atomic E-state index is 12.4. The first-order valence-corrected chi connectivity index (χ1v) is 10.3.